The van der Waals surface area contributed by atoms with Crippen LogP contribution in [0.2, 0.25) is 0 Å². The van der Waals surface area contributed by atoms with E-state index in [0.29, 0.717) is 29.3 Å². The van der Waals surface area contributed by atoms with E-state index < -0.39 is 16.9 Å². The molecule has 0 aromatic carbocycles. The lowest BCUT2D eigenvalue weighted by atomic mass is 10.8. The SMILES string of the molecule is O=C(NCSCSC/N=C\S(=O)CCSCSCCSC(=O)NCSCSC/N=C/OOCCO)OCCO. The molecule has 1 atom stereocenters. The molecule has 0 saturated heterocycles. The summed E-state index contributed by atoms with van der Waals surface area (Å²) in [7, 11) is -1.08. The molecule has 4 N–H and O–H groups in total. The number of hydrogen-bond donors (Lipinski definition) is 4. The molecule has 20 heteroatoms. The molecule has 228 valence electrons. The Kier molecular flexibility index (Phi) is 33.2. The van der Waals surface area contributed by atoms with Gasteiger partial charge in [-0.1, -0.05) is 11.8 Å². The number of aliphatic imine (C=N–C) groups is 2. The van der Waals surface area contributed by atoms with E-state index in [1.54, 1.807) is 58.8 Å². The summed E-state index contributed by atoms with van der Waals surface area (Å²) >= 11 is 11.0. The number of thioether (sulfide) groups is 7. The van der Waals surface area contributed by atoms with Crippen molar-refractivity contribution >= 4 is 116 Å². The van der Waals surface area contributed by atoms with Crippen LogP contribution in [0.15, 0.2) is 9.98 Å². The largest absolute Gasteiger partial charge is 0.447 e. The van der Waals surface area contributed by atoms with E-state index in [9.17, 15) is 13.8 Å². The zero-order chi connectivity index (χ0) is 28.7. The first-order valence-electron chi connectivity index (χ1n) is 11.2. The van der Waals surface area contributed by atoms with Gasteiger partial charge >= 0.3 is 6.09 Å². The molecule has 0 aliphatic carbocycles. The summed E-state index contributed by atoms with van der Waals surface area (Å²) < 4.78 is 16.6. The van der Waals surface area contributed by atoms with Gasteiger partial charge in [0.1, 0.15) is 13.2 Å². The highest BCUT2D eigenvalue weighted by Gasteiger charge is 2.02. The lowest BCUT2D eigenvalue weighted by Gasteiger charge is -2.05. The number of nitrogens with zero attached hydrogens (tertiary/aromatic N) is 2. The van der Waals surface area contributed by atoms with Gasteiger partial charge in [0.15, 0.2) is 0 Å². The van der Waals surface area contributed by atoms with Crippen LogP contribution in [0.1, 0.15) is 0 Å². The van der Waals surface area contributed by atoms with Crippen LogP contribution in [-0.4, -0.2) is 126 Å². The Labute approximate surface area is 262 Å². The zero-order valence-corrected chi connectivity index (χ0v) is 27.8. The highest BCUT2D eigenvalue weighted by atomic mass is 32.2. The lowest BCUT2D eigenvalue weighted by molar-refractivity contribution is -0.221. The number of amides is 2. The van der Waals surface area contributed by atoms with Gasteiger partial charge in [-0.2, -0.15) is 28.4 Å². The number of carbonyl (C=O) groups is 2. The van der Waals surface area contributed by atoms with E-state index >= 15 is 0 Å². The number of nitrogens with one attached hydrogen (secondary N) is 2. The number of rotatable bonds is 27. The van der Waals surface area contributed by atoms with E-state index in [-0.39, 0.29) is 31.7 Å². The van der Waals surface area contributed by atoms with Gasteiger partial charge in [-0.05, 0) is 0 Å². The first kappa shape index (κ1) is 39.4. The van der Waals surface area contributed by atoms with Gasteiger partial charge in [0.05, 0.1) is 53.1 Å². The molecule has 12 nitrogen and oxygen atoms in total. The van der Waals surface area contributed by atoms with E-state index in [4.69, 9.17) is 10.2 Å². The summed E-state index contributed by atoms with van der Waals surface area (Å²) in [6.45, 7) is -0.224. The highest BCUT2D eigenvalue weighted by Crippen LogP contribution is 2.15. The van der Waals surface area contributed by atoms with Crippen molar-refractivity contribution in [2.45, 2.75) is 0 Å². The van der Waals surface area contributed by atoms with Gasteiger partial charge in [0.25, 0.3) is 5.24 Å². The van der Waals surface area contributed by atoms with Crippen molar-refractivity contribution in [1.29, 1.82) is 0 Å². The Morgan fingerprint density at radius 3 is 2.23 bits per heavy atom. The minimum absolute atomic E-state index is 0.0180. The fourth-order valence-corrected chi connectivity index (χ4v) is 8.94. The Morgan fingerprint density at radius 1 is 0.821 bits per heavy atom. The monoisotopic (exact) mass is 704 g/mol. The van der Waals surface area contributed by atoms with Crippen molar-refractivity contribution in [2.24, 2.45) is 9.98 Å². The molecule has 0 radical (unpaired) electrons. The van der Waals surface area contributed by atoms with Crippen LogP contribution in [0.4, 0.5) is 9.59 Å². The fraction of sp³-hybridized carbons (Fsp3) is 0.789. The summed E-state index contributed by atoms with van der Waals surface area (Å²) in [4.78, 5) is 40.2. The lowest BCUT2D eigenvalue weighted by Crippen LogP contribution is -2.24. The predicted octanol–water partition coefficient (Wildman–Crippen LogP) is 3.00. The first-order valence-corrected chi connectivity index (χ1v) is 20.5. The molecule has 0 aliphatic rings. The summed E-state index contributed by atoms with van der Waals surface area (Å²) in [6.07, 6.45) is 0.638. The van der Waals surface area contributed by atoms with Crippen molar-refractivity contribution in [3.8, 4) is 0 Å². The van der Waals surface area contributed by atoms with E-state index in [1.807, 2.05) is 0 Å². The maximum absolute atomic E-state index is 11.9. The Morgan fingerprint density at radius 2 is 1.49 bits per heavy atom. The molecule has 0 aromatic rings. The Balaban J connectivity index is 3.39. The predicted molar refractivity (Wildman–Crippen MR) is 176 cm³/mol. The second-order valence-corrected chi connectivity index (χ2v) is 15.8. The zero-order valence-electron chi connectivity index (χ0n) is 21.3. The van der Waals surface area contributed by atoms with Gasteiger partial charge in [0, 0.05) is 38.3 Å². The average molecular weight is 705 g/mol. The number of hydrogen-bond acceptors (Lipinski definition) is 17. The molecular weight excluding hydrogens is 669 g/mol. The van der Waals surface area contributed by atoms with Crippen LogP contribution in [0, 0.1) is 0 Å². The number of carbonyl (C=O) groups excluding carboxylic acids is 2. The van der Waals surface area contributed by atoms with E-state index in [1.165, 1.54) is 35.5 Å². The molecule has 0 heterocycles. The summed E-state index contributed by atoms with van der Waals surface area (Å²) in [5, 5.41) is 24.8. The maximum Gasteiger partial charge on any atom is 0.407 e. The second-order valence-electron chi connectivity index (χ2n) is 6.19. The van der Waals surface area contributed by atoms with Crippen molar-refractivity contribution in [1.82, 2.24) is 10.6 Å². The van der Waals surface area contributed by atoms with Crippen molar-refractivity contribution < 1.29 is 38.5 Å². The summed E-state index contributed by atoms with van der Waals surface area (Å²) in [6, 6.07) is 0. The molecule has 2 amide bonds. The number of ether oxygens (including phenoxy) is 1. The van der Waals surface area contributed by atoms with Gasteiger partial charge in [-0.25, -0.2) is 9.79 Å². The van der Waals surface area contributed by atoms with Crippen LogP contribution < -0.4 is 10.6 Å². The van der Waals surface area contributed by atoms with Gasteiger partial charge in [-0.3, -0.25) is 14.0 Å². The number of aliphatic hydroxyl groups excluding tert-OH is 2. The highest BCUT2D eigenvalue weighted by molar-refractivity contribution is 8.18. The topological polar surface area (TPSA) is 168 Å². The first-order chi connectivity index (χ1) is 19.1. The van der Waals surface area contributed by atoms with E-state index in [0.717, 1.165) is 32.5 Å². The fourth-order valence-electron chi connectivity index (χ4n) is 1.70. The molecule has 0 rings (SSSR count). The molecule has 0 fully saturated rings. The Bertz CT molecular complexity index is 685. The van der Waals surface area contributed by atoms with Gasteiger partial charge < -0.3 is 30.5 Å². The number of aliphatic hydroxyl groups is 2. The minimum Gasteiger partial charge on any atom is -0.447 e. The van der Waals surface area contributed by atoms with Gasteiger partial charge in [-0.15, -0.1) is 47.0 Å². The molecule has 0 bridgehead atoms. The van der Waals surface area contributed by atoms with Crippen molar-refractivity contribution in [3.05, 3.63) is 0 Å². The third kappa shape index (κ3) is 32.7. The van der Waals surface area contributed by atoms with Crippen molar-refractivity contribution in [2.75, 3.05) is 88.2 Å². The second kappa shape index (κ2) is 32.9. The van der Waals surface area contributed by atoms with Crippen molar-refractivity contribution in [3.63, 3.8) is 0 Å². The third-order valence-electron chi connectivity index (χ3n) is 3.24. The maximum atomic E-state index is 11.9. The summed E-state index contributed by atoms with van der Waals surface area (Å²) in [5.41, 5.74) is 1.49. The molecular formula is C19H36N4O8S8. The van der Waals surface area contributed by atoms with Crippen LogP contribution in [0.5, 0.6) is 0 Å². The molecule has 0 saturated carbocycles. The molecule has 1 unspecified atom stereocenters. The number of alkyl carbamates (subject to hydrolysis) is 1. The third-order valence-corrected chi connectivity index (χ3v) is 11.9. The summed E-state index contributed by atoms with van der Waals surface area (Å²) in [5.74, 6) is 4.93. The molecule has 0 spiro atoms. The van der Waals surface area contributed by atoms with E-state index in [2.05, 4.69) is 35.1 Å². The smallest absolute Gasteiger partial charge is 0.407 e. The van der Waals surface area contributed by atoms with Crippen LogP contribution >= 0.6 is 82.3 Å². The van der Waals surface area contributed by atoms with Crippen LogP contribution in [-0.2, 0) is 25.3 Å². The molecule has 0 aliphatic heterocycles. The van der Waals surface area contributed by atoms with Gasteiger partial charge in [0.2, 0.25) is 6.40 Å². The quantitative estimate of drug-likeness (QED) is 0.0246. The normalized spacial score (nSPS) is 12.2. The van der Waals surface area contributed by atoms with Crippen LogP contribution in [0.3, 0.4) is 0 Å². The molecule has 39 heavy (non-hydrogen) atoms. The van der Waals surface area contributed by atoms with Crippen LogP contribution in [0.25, 0.3) is 0 Å². The Hall–Kier alpha value is 0.360. The standard InChI is InChI=1S/C19H36N4O8S8/c24-1-3-29-18(26)22-12-36-17-35-11-21-14-39(28)8-7-33-15-32-5-6-38-19(27)23-13-37-16-34-10-20-9-31-30-4-2-25/h9,14,24-25H,1-8,10-13,15-17H2,(H,22,26)(H,23,27)/b20-9+,21-14-. The average Bonchev–Trinajstić information content (AvgIpc) is 2.93. The molecule has 0 aromatic heterocycles. The minimum atomic E-state index is -1.08.